The molecule has 4 nitrogen and oxygen atoms in total. The number of hydrogen-bond acceptors (Lipinski definition) is 3. The van der Waals surface area contributed by atoms with Crippen LogP contribution in [0.2, 0.25) is 0 Å². The van der Waals surface area contributed by atoms with Gasteiger partial charge < -0.3 is 14.7 Å². The maximum Gasteiger partial charge on any atom is 0.209 e. The Balaban J connectivity index is 3.50. The summed E-state index contributed by atoms with van der Waals surface area (Å²) < 4.78 is 0. The van der Waals surface area contributed by atoms with E-state index in [9.17, 15) is 4.79 Å². The van der Waals surface area contributed by atoms with E-state index in [1.54, 1.807) is 0 Å². The molecular weight excluding hydrogens is 190 g/mol. The minimum Gasteiger partial charge on any atom is -0.345 e. The molecule has 0 aliphatic carbocycles. The summed E-state index contributed by atoms with van der Waals surface area (Å²) in [5.41, 5.74) is 0. The van der Waals surface area contributed by atoms with Crippen molar-refractivity contribution in [1.82, 2.24) is 14.7 Å². The summed E-state index contributed by atoms with van der Waals surface area (Å²) in [6.45, 7) is 3.82. The van der Waals surface area contributed by atoms with Gasteiger partial charge in [0.2, 0.25) is 6.41 Å². The maximum absolute atomic E-state index is 10.8. The zero-order valence-corrected chi connectivity index (χ0v) is 10.6. The Morgan fingerprint density at radius 1 is 0.800 bits per heavy atom. The first-order valence-corrected chi connectivity index (χ1v) is 5.55. The largest absolute Gasteiger partial charge is 0.345 e. The van der Waals surface area contributed by atoms with E-state index in [2.05, 4.69) is 38.0 Å². The number of amides is 1. The summed E-state index contributed by atoms with van der Waals surface area (Å²) in [5, 5.41) is 0. The molecule has 0 aliphatic heterocycles. The highest BCUT2D eigenvalue weighted by Crippen LogP contribution is 1.93. The van der Waals surface area contributed by atoms with Crippen molar-refractivity contribution in [2.45, 2.75) is 12.8 Å². The summed E-state index contributed by atoms with van der Waals surface area (Å²) in [6.07, 6.45) is 3.06. The van der Waals surface area contributed by atoms with Crippen molar-refractivity contribution in [2.75, 3.05) is 54.4 Å². The van der Waals surface area contributed by atoms with Crippen LogP contribution in [-0.2, 0) is 4.79 Å². The molecule has 0 bridgehead atoms. The Morgan fingerprint density at radius 2 is 1.20 bits per heavy atom. The third-order valence-electron chi connectivity index (χ3n) is 2.25. The molecule has 0 unspecified atom stereocenters. The van der Waals surface area contributed by atoms with Crippen LogP contribution in [0.15, 0.2) is 0 Å². The molecule has 0 radical (unpaired) electrons. The SMILES string of the molecule is CN(C)CCCN(C=O)CCCN(C)C. The molecular formula is C11H25N3O. The molecule has 0 fully saturated rings. The first-order chi connectivity index (χ1) is 7.06. The monoisotopic (exact) mass is 215 g/mol. The molecule has 0 aromatic rings. The molecule has 0 heterocycles. The maximum atomic E-state index is 10.8. The van der Waals surface area contributed by atoms with E-state index in [4.69, 9.17) is 0 Å². The van der Waals surface area contributed by atoms with E-state index >= 15 is 0 Å². The molecule has 0 rings (SSSR count). The first-order valence-electron chi connectivity index (χ1n) is 5.55. The molecule has 0 spiro atoms. The molecule has 4 heteroatoms. The van der Waals surface area contributed by atoms with Crippen LogP contribution in [-0.4, -0.2) is 75.5 Å². The van der Waals surface area contributed by atoms with Gasteiger partial charge in [-0.05, 0) is 54.1 Å². The second kappa shape index (κ2) is 8.68. The summed E-state index contributed by atoms with van der Waals surface area (Å²) in [7, 11) is 8.21. The van der Waals surface area contributed by atoms with Crippen molar-refractivity contribution in [3.8, 4) is 0 Å². The Labute approximate surface area is 93.8 Å². The van der Waals surface area contributed by atoms with Crippen LogP contribution < -0.4 is 0 Å². The van der Waals surface area contributed by atoms with Crippen molar-refractivity contribution in [3.63, 3.8) is 0 Å². The molecule has 0 aromatic heterocycles. The fraction of sp³-hybridized carbons (Fsp3) is 0.909. The Kier molecular flexibility index (Phi) is 8.33. The van der Waals surface area contributed by atoms with Crippen LogP contribution in [0.5, 0.6) is 0 Å². The Bertz CT molecular complexity index is 146. The van der Waals surface area contributed by atoms with E-state index < -0.39 is 0 Å². The average molecular weight is 215 g/mol. The number of carbonyl (C=O) groups excluding carboxylic acids is 1. The minimum absolute atomic E-state index is 0.870. The molecule has 0 aliphatic rings. The second-order valence-electron chi connectivity index (χ2n) is 4.46. The lowest BCUT2D eigenvalue weighted by Gasteiger charge is -2.19. The van der Waals surface area contributed by atoms with Crippen LogP contribution in [0.4, 0.5) is 0 Å². The van der Waals surface area contributed by atoms with Gasteiger partial charge in [-0.1, -0.05) is 0 Å². The van der Waals surface area contributed by atoms with Gasteiger partial charge in [0.25, 0.3) is 0 Å². The van der Waals surface area contributed by atoms with Crippen molar-refractivity contribution < 1.29 is 4.79 Å². The number of nitrogens with zero attached hydrogens (tertiary/aromatic N) is 3. The van der Waals surface area contributed by atoms with Crippen LogP contribution in [0.1, 0.15) is 12.8 Å². The third-order valence-corrected chi connectivity index (χ3v) is 2.25. The number of hydrogen-bond donors (Lipinski definition) is 0. The quantitative estimate of drug-likeness (QED) is 0.519. The molecule has 0 saturated carbocycles. The van der Waals surface area contributed by atoms with Crippen LogP contribution in [0.3, 0.4) is 0 Å². The molecule has 0 aromatic carbocycles. The average Bonchev–Trinajstić information content (AvgIpc) is 2.14. The predicted molar refractivity (Wildman–Crippen MR) is 64.0 cm³/mol. The van der Waals surface area contributed by atoms with Gasteiger partial charge in [0.05, 0.1) is 0 Å². The standard InChI is InChI=1S/C11H25N3O/c1-12(2)7-5-9-14(11-15)10-6-8-13(3)4/h11H,5-10H2,1-4H3. The van der Waals surface area contributed by atoms with E-state index in [1.807, 2.05) is 4.90 Å². The summed E-state index contributed by atoms with van der Waals surface area (Å²) in [4.78, 5) is 16.9. The highest BCUT2D eigenvalue weighted by Gasteiger charge is 2.01. The van der Waals surface area contributed by atoms with Gasteiger partial charge in [0, 0.05) is 13.1 Å². The van der Waals surface area contributed by atoms with Gasteiger partial charge in [-0.25, -0.2) is 0 Å². The third kappa shape index (κ3) is 9.69. The highest BCUT2D eigenvalue weighted by atomic mass is 16.1. The van der Waals surface area contributed by atoms with Gasteiger partial charge in [0.15, 0.2) is 0 Å². The van der Waals surface area contributed by atoms with Gasteiger partial charge in [-0.3, -0.25) is 4.79 Å². The van der Waals surface area contributed by atoms with E-state index in [1.165, 1.54) is 0 Å². The summed E-state index contributed by atoms with van der Waals surface area (Å²) >= 11 is 0. The molecule has 0 atom stereocenters. The first kappa shape index (κ1) is 14.4. The normalized spacial score (nSPS) is 11.1. The Hall–Kier alpha value is -0.610. The van der Waals surface area contributed by atoms with Gasteiger partial charge in [-0.2, -0.15) is 0 Å². The van der Waals surface area contributed by atoms with E-state index in [0.29, 0.717) is 0 Å². The predicted octanol–water partition coefficient (Wildman–Crippen LogP) is 0.348. The van der Waals surface area contributed by atoms with Crippen molar-refractivity contribution in [3.05, 3.63) is 0 Å². The minimum atomic E-state index is 0.870. The van der Waals surface area contributed by atoms with Crippen LogP contribution in [0.25, 0.3) is 0 Å². The fourth-order valence-corrected chi connectivity index (χ4v) is 1.40. The zero-order valence-electron chi connectivity index (χ0n) is 10.6. The molecule has 90 valence electrons. The lowest BCUT2D eigenvalue weighted by Crippen LogP contribution is -2.29. The summed E-state index contributed by atoms with van der Waals surface area (Å²) in [6, 6.07) is 0. The van der Waals surface area contributed by atoms with Gasteiger partial charge in [-0.15, -0.1) is 0 Å². The van der Waals surface area contributed by atoms with Crippen LogP contribution in [0, 0.1) is 0 Å². The van der Waals surface area contributed by atoms with E-state index in [0.717, 1.165) is 45.4 Å². The van der Waals surface area contributed by atoms with Crippen molar-refractivity contribution >= 4 is 6.41 Å². The summed E-state index contributed by atoms with van der Waals surface area (Å²) in [5.74, 6) is 0. The highest BCUT2D eigenvalue weighted by molar-refractivity contribution is 5.46. The van der Waals surface area contributed by atoms with Crippen molar-refractivity contribution in [1.29, 1.82) is 0 Å². The lowest BCUT2D eigenvalue weighted by molar-refractivity contribution is -0.118. The Morgan fingerprint density at radius 3 is 1.47 bits per heavy atom. The zero-order chi connectivity index (χ0) is 11.7. The molecule has 1 amide bonds. The fourth-order valence-electron chi connectivity index (χ4n) is 1.40. The van der Waals surface area contributed by atoms with E-state index in [-0.39, 0.29) is 0 Å². The van der Waals surface area contributed by atoms with Gasteiger partial charge >= 0.3 is 0 Å². The topological polar surface area (TPSA) is 26.8 Å². The van der Waals surface area contributed by atoms with Crippen molar-refractivity contribution in [2.24, 2.45) is 0 Å². The molecule has 15 heavy (non-hydrogen) atoms. The van der Waals surface area contributed by atoms with Crippen LogP contribution >= 0.6 is 0 Å². The lowest BCUT2D eigenvalue weighted by atomic mass is 10.3. The second-order valence-corrected chi connectivity index (χ2v) is 4.46. The number of rotatable bonds is 9. The molecule has 0 saturated heterocycles. The van der Waals surface area contributed by atoms with Gasteiger partial charge in [0.1, 0.15) is 0 Å². The number of carbonyl (C=O) groups is 1. The molecule has 0 N–H and O–H groups in total. The smallest absolute Gasteiger partial charge is 0.209 e.